The number of aliphatic hydroxyl groups excluding tert-OH is 1. The molecule has 0 saturated heterocycles. The van der Waals surface area contributed by atoms with Gasteiger partial charge >= 0.3 is 6.09 Å². The van der Waals surface area contributed by atoms with Crippen molar-refractivity contribution in [2.45, 2.75) is 77.1 Å². The van der Waals surface area contributed by atoms with E-state index in [1.165, 1.54) is 32.1 Å². The number of amides is 2. The summed E-state index contributed by atoms with van der Waals surface area (Å²) in [6.07, 6.45) is 7.17. The average molecular weight is 419 g/mol. The Morgan fingerprint density at radius 1 is 1.30 bits per heavy atom. The summed E-state index contributed by atoms with van der Waals surface area (Å²) in [6.45, 7) is 8.02. The van der Waals surface area contributed by atoms with Gasteiger partial charge in [0.15, 0.2) is 0 Å². The second-order valence-corrected chi connectivity index (χ2v) is 10.2. The van der Waals surface area contributed by atoms with Crippen LogP contribution in [0.4, 0.5) is 4.79 Å². The van der Waals surface area contributed by atoms with E-state index in [0.29, 0.717) is 24.8 Å². The molecule has 0 radical (unpaired) electrons. The number of carbonyl (C=O) groups is 2. The molecule has 1 aliphatic rings. The zero-order valence-corrected chi connectivity index (χ0v) is 18.6. The van der Waals surface area contributed by atoms with E-state index in [2.05, 4.69) is 5.32 Å². The van der Waals surface area contributed by atoms with Gasteiger partial charge in [-0.3, -0.25) is 4.79 Å². The number of alkyl carbamates (subject to hydrolysis) is 1. The van der Waals surface area contributed by atoms with Gasteiger partial charge in [0.05, 0.1) is 0 Å². The Bertz CT molecular complexity index is 500. The van der Waals surface area contributed by atoms with Crippen molar-refractivity contribution in [3.05, 3.63) is 10.6 Å². The van der Waals surface area contributed by atoms with Crippen molar-refractivity contribution in [3.63, 3.8) is 0 Å². The van der Waals surface area contributed by atoms with Crippen LogP contribution in [0.15, 0.2) is 10.6 Å². The Kier molecular flexibility index (Phi) is 11.3. The maximum Gasteiger partial charge on any atom is 0.407 e. The standard InChI is InChI=1S/C19H34N2O4S2/c1-15(17(10-13-22)27-26-16-8-6-5-7-9-16)21(14-23)12-11-20-18(24)25-19(2,3)4/h14,16,22H,5-13H2,1-4H3,(H,20,24)/b17-15-. The third kappa shape index (κ3) is 10.3. The molecule has 2 amide bonds. The van der Waals surface area contributed by atoms with Gasteiger partial charge in [0, 0.05) is 42.0 Å². The van der Waals surface area contributed by atoms with E-state index in [9.17, 15) is 14.7 Å². The number of hydrogen-bond donors (Lipinski definition) is 2. The van der Waals surface area contributed by atoms with Crippen LogP contribution in [0.3, 0.4) is 0 Å². The zero-order chi connectivity index (χ0) is 20.3. The van der Waals surface area contributed by atoms with Gasteiger partial charge in [0.2, 0.25) is 6.41 Å². The first-order valence-corrected chi connectivity index (χ1v) is 11.8. The highest BCUT2D eigenvalue weighted by molar-refractivity contribution is 8.78. The molecule has 2 N–H and O–H groups in total. The fourth-order valence-electron chi connectivity index (χ4n) is 2.72. The molecular weight excluding hydrogens is 384 g/mol. The maximum atomic E-state index is 11.7. The summed E-state index contributed by atoms with van der Waals surface area (Å²) >= 11 is 0. The molecule has 1 aliphatic carbocycles. The second kappa shape index (κ2) is 12.6. The van der Waals surface area contributed by atoms with Crippen LogP contribution in [-0.4, -0.2) is 53.1 Å². The lowest BCUT2D eigenvalue weighted by Gasteiger charge is -2.24. The van der Waals surface area contributed by atoms with Crippen LogP contribution in [0.5, 0.6) is 0 Å². The van der Waals surface area contributed by atoms with E-state index in [1.54, 1.807) is 36.5 Å². The lowest BCUT2D eigenvalue weighted by Crippen LogP contribution is -2.37. The quantitative estimate of drug-likeness (QED) is 0.407. The highest BCUT2D eigenvalue weighted by atomic mass is 33.1. The summed E-state index contributed by atoms with van der Waals surface area (Å²) in [6, 6.07) is 0. The van der Waals surface area contributed by atoms with Gasteiger partial charge in [0.25, 0.3) is 0 Å². The molecule has 0 aliphatic heterocycles. The molecule has 1 saturated carbocycles. The molecule has 0 bridgehead atoms. The summed E-state index contributed by atoms with van der Waals surface area (Å²) in [5, 5.41) is 12.7. The SMILES string of the molecule is C/C(=C(\CCO)SSC1CCCCC1)N(C=O)CCNC(=O)OC(C)(C)C. The molecule has 156 valence electrons. The Labute approximate surface area is 171 Å². The van der Waals surface area contributed by atoms with Crippen molar-refractivity contribution in [1.82, 2.24) is 10.2 Å². The first-order valence-electron chi connectivity index (χ1n) is 9.59. The van der Waals surface area contributed by atoms with E-state index in [4.69, 9.17) is 4.74 Å². The van der Waals surface area contributed by atoms with Gasteiger partial charge in [-0.15, -0.1) is 0 Å². The number of aliphatic hydroxyl groups is 1. The van der Waals surface area contributed by atoms with Crippen LogP contribution in [0.25, 0.3) is 0 Å². The fraction of sp³-hybridized carbons (Fsp3) is 0.789. The molecule has 0 aromatic carbocycles. The minimum absolute atomic E-state index is 0.0494. The van der Waals surface area contributed by atoms with Gasteiger partial charge in [-0.2, -0.15) is 0 Å². The molecule has 8 heteroatoms. The minimum Gasteiger partial charge on any atom is -0.444 e. The molecule has 1 fully saturated rings. The van der Waals surface area contributed by atoms with Crippen molar-refractivity contribution >= 4 is 34.1 Å². The smallest absolute Gasteiger partial charge is 0.407 e. The van der Waals surface area contributed by atoms with Crippen molar-refractivity contribution in [2.75, 3.05) is 19.7 Å². The number of ether oxygens (including phenoxy) is 1. The first kappa shape index (κ1) is 24.2. The zero-order valence-electron chi connectivity index (χ0n) is 17.0. The molecular formula is C19H34N2O4S2. The summed E-state index contributed by atoms with van der Waals surface area (Å²) in [5.74, 6) is 0. The molecule has 0 spiro atoms. The van der Waals surface area contributed by atoms with Crippen molar-refractivity contribution in [3.8, 4) is 0 Å². The van der Waals surface area contributed by atoms with Crippen LogP contribution in [0.2, 0.25) is 0 Å². The Morgan fingerprint density at radius 3 is 2.52 bits per heavy atom. The molecule has 0 atom stereocenters. The number of rotatable bonds is 10. The monoisotopic (exact) mass is 418 g/mol. The normalized spacial score (nSPS) is 16.5. The number of allylic oxidation sites excluding steroid dienone is 1. The van der Waals surface area contributed by atoms with E-state index >= 15 is 0 Å². The Morgan fingerprint density at radius 2 is 1.96 bits per heavy atom. The van der Waals surface area contributed by atoms with Crippen LogP contribution in [0, 0.1) is 0 Å². The third-order valence-corrected chi connectivity index (χ3v) is 7.41. The highest BCUT2D eigenvalue weighted by Crippen LogP contribution is 2.42. The van der Waals surface area contributed by atoms with E-state index in [-0.39, 0.29) is 6.61 Å². The van der Waals surface area contributed by atoms with E-state index < -0.39 is 11.7 Å². The number of nitrogens with zero attached hydrogens (tertiary/aromatic N) is 1. The maximum absolute atomic E-state index is 11.7. The van der Waals surface area contributed by atoms with Gasteiger partial charge in [0.1, 0.15) is 5.60 Å². The number of nitrogens with one attached hydrogen (secondary N) is 1. The first-order chi connectivity index (χ1) is 12.8. The molecule has 27 heavy (non-hydrogen) atoms. The van der Waals surface area contributed by atoms with E-state index in [1.807, 2.05) is 17.7 Å². The molecule has 1 rings (SSSR count). The van der Waals surface area contributed by atoms with Crippen molar-refractivity contribution in [1.29, 1.82) is 0 Å². The van der Waals surface area contributed by atoms with Gasteiger partial charge in [-0.25, -0.2) is 4.79 Å². The van der Waals surface area contributed by atoms with E-state index in [0.717, 1.165) is 17.0 Å². The lowest BCUT2D eigenvalue weighted by molar-refractivity contribution is -0.116. The van der Waals surface area contributed by atoms with Crippen LogP contribution >= 0.6 is 21.6 Å². The predicted molar refractivity (Wildman–Crippen MR) is 113 cm³/mol. The largest absolute Gasteiger partial charge is 0.444 e. The van der Waals surface area contributed by atoms with Crippen LogP contribution in [0.1, 0.15) is 66.2 Å². The minimum atomic E-state index is -0.550. The van der Waals surface area contributed by atoms with Gasteiger partial charge < -0.3 is 20.1 Å². The summed E-state index contributed by atoms with van der Waals surface area (Å²) < 4.78 is 5.20. The van der Waals surface area contributed by atoms with Crippen molar-refractivity contribution < 1.29 is 19.4 Å². The Balaban J connectivity index is 2.58. The third-order valence-electron chi connectivity index (χ3n) is 4.16. The molecule has 0 aromatic heterocycles. The molecule has 0 aromatic rings. The summed E-state index contributed by atoms with van der Waals surface area (Å²) in [4.78, 5) is 25.8. The Hall–Kier alpha value is -0.860. The predicted octanol–water partition coefficient (Wildman–Crippen LogP) is 4.30. The van der Waals surface area contributed by atoms with Crippen molar-refractivity contribution in [2.24, 2.45) is 0 Å². The fourth-order valence-corrected chi connectivity index (χ4v) is 5.86. The van der Waals surface area contributed by atoms with Crippen LogP contribution in [-0.2, 0) is 9.53 Å². The molecule has 6 nitrogen and oxygen atoms in total. The second-order valence-electron chi connectivity index (χ2n) is 7.65. The summed E-state index contributed by atoms with van der Waals surface area (Å²) in [7, 11) is 3.53. The highest BCUT2D eigenvalue weighted by Gasteiger charge is 2.18. The molecule has 0 unspecified atom stereocenters. The topological polar surface area (TPSA) is 78.9 Å². The molecule has 0 heterocycles. The number of carbonyl (C=O) groups excluding carboxylic acids is 2. The summed E-state index contributed by atoms with van der Waals surface area (Å²) in [5.41, 5.74) is 0.282. The average Bonchev–Trinajstić information content (AvgIpc) is 2.61. The lowest BCUT2D eigenvalue weighted by atomic mass is 10.0. The van der Waals surface area contributed by atoms with Gasteiger partial charge in [-0.1, -0.05) is 40.9 Å². The van der Waals surface area contributed by atoms with Crippen LogP contribution < -0.4 is 5.32 Å². The number of hydrogen-bond acceptors (Lipinski definition) is 6. The van der Waals surface area contributed by atoms with Gasteiger partial charge in [-0.05, 0) is 40.5 Å².